The molecule has 1 fully saturated rings. The highest BCUT2D eigenvalue weighted by molar-refractivity contribution is 5.86. The van der Waals surface area contributed by atoms with Gasteiger partial charge in [0.05, 0.1) is 0 Å². The van der Waals surface area contributed by atoms with E-state index < -0.39 is 24.0 Å². The van der Waals surface area contributed by atoms with Crippen molar-refractivity contribution in [2.45, 2.75) is 31.4 Å². The summed E-state index contributed by atoms with van der Waals surface area (Å²) in [6.07, 6.45) is 5.91. The van der Waals surface area contributed by atoms with E-state index in [2.05, 4.69) is 11.2 Å². The number of rotatable bonds is 4. The molecule has 1 amide bonds. The summed E-state index contributed by atoms with van der Waals surface area (Å²) < 4.78 is 5.12. The van der Waals surface area contributed by atoms with E-state index in [-0.39, 0.29) is 6.42 Å². The molecule has 1 heterocycles. The predicted octanol–water partition coefficient (Wildman–Crippen LogP) is -0.242. The predicted molar refractivity (Wildman–Crippen MR) is 52.0 cm³/mol. The smallest absolute Gasteiger partial charge is 0.327 e. The Hall–Kier alpha value is -1.54. The van der Waals surface area contributed by atoms with Gasteiger partial charge in [-0.3, -0.25) is 4.79 Å². The third kappa shape index (κ3) is 3.26. The van der Waals surface area contributed by atoms with Crippen LogP contribution in [0.15, 0.2) is 0 Å². The van der Waals surface area contributed by atoms with Crippen molar-refractivity contribution in [3.63, 3.8) is 0 Å². The first-order valence-corrected chi connectivity index (χ1v) is 4.73. The molecular weight excluding hydrogens is 198 g/mol. The second-order valence-electron chi connectivity index (χ2n) is 3.31. The number of carboxylic acid groups (broad SMARTS) is 1. The molecule has 0 aromatic carbocycles. The monoisotopic (exact) mass is 211 g/mol. The summed E-state index contributed by atoms with van der Waals surface area (Å²) in [5, 5.41) is 11.1. The summed E-state index contributed by atoms with van der Waals surface area (Å²) in [6, 6.07) is -1.02. The van der Waals surface area contributed by atoms with Crippen LogP contribution >= 0.6 is 0 Å². The first kappa shape index (κ1) is 11.5. The molecule has 82 valence electrons. The van der Waals surface area contributed by atoms with Gasteiger partial charge in [-0.25, -0.2) is 4.79 Å². The molecule has 1 unspecified atom stereocenters. The first-order valence-electron chi connectivity index (χ1n) is 4.73. The lowest BCUT2D eigenvalue weighted by atomic mass is 10.2. The number of aliphatic carboxylic acids is 1. The fourth-order valence-electron chi connectivity index (χ4n) is 1.37. The van der Waals surface area contributed by atoms with E-state index in [1.807, 2.05) is 0 Å². The third-order valence-electron chi connectivity index (χ3n) is 2.16. The molecule has 2 atom stereocenters. The molecule has 0 saturated carbocycles. The van der Waals surface area contributed by atoms with Gasteiger partial charge >= 0.3 is 5.97 Å². The quantitative estimate of drug-likeness (QED) is 0.629. The standard InChI is InChI=1S/C10H13NO4/c1-2-4-7(10(13)14)11-9(12)8-5-3-6-15-8/h1,7-8H,3-6H2,(H,11,12)(H,13,14)/t7?,8-/m1/s1. The van der Waals surface area contributed by atoms with Crippen LogP contribution in [0.5, 0.6) is 0 Å². The van der Waals surface area contributed by atoms with Gasteiger partial charge in [0.1, 0.15) is 12.1 Å². The van der Waals surface area contributed by atoms with Gasteiger partial charge < -0.3 is 15.2 Å². The Morgan fingerprint density at radius 1 is 1.67 bits per heavy atom. The maximum Gasteiger partial charge on any atom is 0.327 e. The minimum absolute atomic E-state index is 0.0200. The number of hydrogen-bond acceptors (Lipinski definition) is 3. The number of hydrogen-bond donors (Lipinski definition) is 2. The molecule has 0 bridgehead atoms. The van der Waals surface area contributed by atoms with E-state index in [1.54, 1.807) is 0 Å². The number of carboxylic acids is 1. The molecular formula is C10H13NO4. The zero-order valence-corrected chi connectivity index (χ0v) is 8.23. The molecule has 1 aliphatic rings. The van der Waals surface area contributed by atoms with Gasteiger partial charge in [-0.2, -0.15) is 0 Å². The van der Waals surface area contributed by atoms with E-state index in [0.717, 1.165) is 6.42 Å². The van der Waals surface area contributed by atoms with Crippen LogP contribution in [-0.2, 0) is 14.3 Å². The maximum absolute atomic E-state index is 11.5. The number of ether oxygens (including phenoxy) is 1. The SMILES string of the molecule is C#CCC(NC(=O)[C@H]1CCCO1)C(=O)O. The van der Waals surface area contributed by atoms with Crippen molar-refractivity contribution in [2.75, 3.05) is 6.61 Å². The van der Waals surface area contributed by atoms with Crippen LogP contribution in [-0.4, -0.2) is 35.7 Å². The molecule has 0 spiro atoms. The lowest BCUT2D eigenvalue weighted by Gasteiger charge is -2.14. The van der Waals surface area contributed by atoms with Crippen molar-refractivity contribution >= 4 is 11.9 Å². The Bertz CT molecular complexity index is 288. The average Bonchev–Trinajstić information content (AvgIpc) is 2.69. The van der Waals surface area contributed by atoms with Crippen LogP contribution in [0.25, 0.3) is 0 Å². The van der Waals surface area contributed by atoms with E-state index in [0.29, 0.717) is 13.0 Å². The van der Waals surface area contributed by atoms with Crippen LogP contribution in [0.3, 0.4) is 0 Å². The molecule has 5 heteroatoms. The van der Waals surface area contributed by atoms with Gasteiger partial charge in [-0.15, -0.1) is 12.3 Å². The highest BCUT2D eigenvalue weighted by atomic mass is 16.5. The van der Waals surface area contributed by atoms with E-state index >= 15 is 0 Å². The fraction of sp³-hybridized carbons (Fsp3) is 0.600. The van der Waals surface area contributed by atoms with Crippen LogP contribution in [0, 0.1) is 12.3 Å². The molecule has 1 aliphatic heterocycles. The van der Waals surface area contributed by atoms with Crippen LogP contribution in [0.2, 0.25) is 0 Å². The summed E-state index contributed by atoms with van der Waals surface area (Å²) in [5.74, 6) is 0.690. The van der Waals surface area contributed by atoms with Crippen LogP contribution < -0.4 is 5.32 Å². The number of amides is 1. The molecule has 1 saturated heterocycles. The Kier molecular flexibility index (Phi) is 4.13. The minimum atomic E-state index is -1.13. The highest BCUT2D eigenvalue weighted by Crippen LogP contribution is 2.12. The van der Waals surface area contributed by atoms with Crippen molar-refractivity contribution in [3.8, 4) is 12.3 Å². The van der Waals surface area contributed by atoms with Crippen molar-refractivity contribution in [1.82, 2.24) is 5.32 Å². The second kappa shape index (κ2) is 5.37. The largest absolute Gasteiger partial charge is 0.480 e. The Labute approximate surface area is 87.8 Å². The Balaban J connectivity index is 2.46. The summed E-state index contributed by atoms with van der Waals surface area (Å²) >= 11 is 0. The van der Waals surface area contributed by atoms with Gasteiger partial charge in [0.25, 0.3) is 0 Å². The van der Waals surface area contributed by atoms with Gasteiger partial charge in [-0.05, 0) is 12.8 Å². The molecule has 2 N–H and O–H groups in total. The number of nitrogens with one attached hydrogen (secondary N) is 1. The molecule has 0 radical (unpaired) electrons. The molecule has 0 aliphatic carbocycles. The summed E-state index contributed by atoms with van der Waals surface area (Å²) in [6.45, 7) is 0.547. The molecule has 1 rings (SSSR count). The van der Waals surface area contributed by atoms with Gasteiger partial charge in [0, 0.05) is 13.0 Å². The fourth-order valence-corrected chi connectivity index (χ4v) is 1.37. The Morgan fingerprint density at radius 3 is 2.87 bits per heavy atom. The lowest BCUT2D eigenvalue weighted by molar-refractivity contribution is -0.143. The highest BCUT2D eigenvalue weighted by Gasteiger charge is 2.27. The number of terminal acetylenes is 1. The molecule has 0 aromatic rings. The van der Waals surface area contributed by atoms with Gasteiger partial charge in [0.2, 0.25) is 5.91 Å². The van der Waals surface area contributed by atoms with Crippen molar-refractivity contribution in [2.24, 2.45) is 0 Å². The van der Waals surface area contributed by atoms with Crippen LogP contribution in [0.1, 0.15) is 19.3 Å². The van der Waals surface area contributed by atoms with E-state index in [4.69, 9.17) is 16.3 Å². The molecule has 5 nitrogen and oxygen atoms in total. The van der Waals surface area contributed by atoms with E-state index in [1.165, 1.54) is 0 Å². The Morgan fingerprint density at radius 2 is 2.40 bits per heavy atom. The normalized spacial score (nSPS) is 21.7. The molecule has 0 aromatic heterocycles. The lowest BCUT2D eigenvalue weighted by Crippen LogP contribution is -2.45. The van der Waals surface area contributed by atoms with Crippen LogP contribution in [0.4, 0.5) is 0 Å². The molecule has 15 heavy (non-hydrogen) atoms. The average molecular weight is 211 g/mol. The van der Waals surface area contributed by atoms with Crippen molar-refractivity contribution in [3.05, 3.63) is 0 Å². The summed E-state index contributed by atoms with van der Waals surface area (Å²) in [7, 11) is 0. The maximum atomic E-state index is 11.5. The minimum Gasteiger partial charge on any atom is -0.480 e. The summed E-state index contributed by atoms with van der Waals surface area (Å²) in [5.41, 5.74) is 0. The van der Waals surface area contributed by atoms with Gasteiger partial charge in [-0.1, -0.05) is 0 Å². The second-order valence-corrected chi connectivity index (χ2v) is 3.31. The van der Waals surface area contributed by atoms with Crippen molar-refractivity contribution in [1.29, 1.82) is 0 Å². The first-order chi connectivity index (χ1) is 7.15. The van der Waals surface area contributed by atoms with E-state index in [9.17, 15) is 9.59 Å². The number of carbonyl (C=O) groups excluding carboxylic acids is 1. The van der Waals surface area contributed by atoms with Gasteiger partial charge in [0.15, 0.2) is 0 Å². The van der Waals surface area contributed by atoms with Crippen molar-refractivity contribution < 1.29 is 19.4 Å². The number of carbonyl (C=O) groups is 2. The third-order valence-corrected chi connectivity index (χ3v) is 2.16. The zero-order chi connectivity index (χ0) is 11.3. The topological polar surface area (TPSA) is 75.6 Å². The summed E-state index contributed by atoms with van der Waals surface area (Å²) in [4.78, 5) is 22.2. The zero-order valence-electron chi connectivity index (χ0n) is 8.23.